The Morgan fingerprint density at radius 3 is 2.44 bits per heavy atom. The van der Waals surface area contributed by atoms with Crippen LogP contribution in [0.5, 0.6) is 0 Å². The minimum absolute atomic E-state index is 0.493. The third-order valence-corrected chi connectivity index (χ3v) is 3.80. The predicted molar refractivity (Wildman–Crippen MR) is 69.6 cm³/mol. The van der Waals surface area contributed by atoms with Gasteiger partial charge in [-0.25, -0.2) is 0 Å². The highest BCUT2D eigenvalue weighted by atomic mass is 15.0. The van der Waals surface area contributed by atoms with Crippen molar-refractivity contribution in [3.05, 3.63) is 35.4 Å². The van der Waals surface area contributed by atoms with E-state index in [1.54, 1.807) is 0 Å². The molecule has 0 aromatic heterocycles. The van der Waals surface area contributed by atoms with Gasteiger partial charge >= 0.3 is 0 Å². The smallest absolute Gasteiger partial charge is 0.0294 e. The van der Waals surface area contributed by atoms with Crippen molar-refractivity contribution in [1.82, 2.24) is 5.32 Å². The van der Waals surface area contributed by atoms with Crippen LogP contribution in [0.1, 0.15) is 50.8 Å². The largest absolute Gasteiger partial charge is 0.307 e. The zero-order valence-electron chi connectivity index (χ0n) is 10.7. The van der Waals surface area contributed by atoms with Gasteiger partial charge < -0.3 is 5.32 Å². The summed E-state index contributed by atoms with van der Waals surface area (Å²) in [5.74, 6) is 0.928. The third-order valence-electron chi connectivity index (χ3n) is 3.80. The fourth-order valence-electron chi connectivity index (χ4n) is 2.36. The Morgan fingerprint density at radius 2 is 1.94 bits per heavy atom. The van der Waals surface area contributed by atoms with E-state index in [2.05, 4.69) is 50.4 Å². The quantitative estimate of drug-likeness (QED) is 0.793. The number of benzene rings is 1. The molecule has 0 aliphatic heterocycles. The zero-order chi connectivity index (χ0) is 11.5. The van der Waals surface area contributed by atoms with E-state index in [4.69, 9.17) is 0 Å². The highest BCUT2D eigenvalue weighted by molar-refractivity contribution is 5.25. The Kier molecular flexibility index (Phi) is 3.65. The summed E-state index contributed by atoms with van der Waals surface area (Å²) in [6.45, 7) is 6.76. The van der Waals surface area contributed by atoms with Crippen LogP contribution in [0.15, 0.2) is 24.3 Å². The number of aryl methyl sites for hydroxylation is 1. The van der Waals surface area contributed by atoms with Crippen LogP contribution in [0.25, 0.3) is 0 Å². The van der Waals surface area contributed by atoms with Crippen molar-refractivity contribution in [2.75, 3.05) is 0 Å². The average Bonchev–Trinajstić information content (AvgIpc) is 3.07. The first-order valence-corrected chi connectivity index (χ1v) is 6.59. The second kappa shape index (κ2) is 5.01. The number of nitrogens with one attached hydrogen (secondary N) is 1. The van der Waals surface area contributed by atoms with Gasteiger partial charge in [0.05, 0.1) is 0 Å². The van der Waals surface area contributed by atoms with Gasteiger partial charge in [-0.1, -0.05) is 44.5 Å². The average molecular weight is 217 g/mol. The maximum atomic E-state index is 3.71. The fraction of sp³-hybridized carbons (Fsp3) is 0.600. The summed E-state index contributed by atoms with van der Waals surface area (Å²) in [6, 6.07) is 10.3. The molecule has 1 aromatic rings. The van der Waals surface area contributed by atoms with E-state index in [0.29, 0.717) is 6.04 Å². The Balaban J connectivity index is 1.90. The summed E-state index contributed by atoms with van der Waals surface area (Å²) in [4.78, 5) is 0. The minimum atomic E-state index is 0.493. The Morgan fingerprint density at radius 1 is 1.25 bits per heavy atom. The molecule has 1 saturated carbocycles. The molecule has 1 fully saturated rings. The van der Waals surface area contributed by atoms with E-state index in [0.717, 1.165) is 18.4 Å². The summed E-state index contributed by atoms with van der Waals surface area (Å²) in [7, 11) is 0. The van der Waals surface area contributed by atoms with Crippen LogP contribution >= 0.6 is 0 Å². The van der Waals surface area contributed by atoms with E-state index in [-0.39, 0.29) is 0 Å². The molecule has 0 bridgehead atoms. The van der Waals surface area contributed by atoms with Crippen LogP contribution in [0.3, 0.4) is 0 Å². The van der Waals surface area contributed by atoms with Crippen LogP contribution < -0.4 is 5.32 Å². The van der Waals surface area contributed by atoms with Crippen LogP contribution in [0.2, 0.25) is 0 Å². The van der Waals surface area contributed by atoms with Gasteiger partial charge in [0.1, 0.15) is 0 Å². The van der Waals surface area contributed by atoms with Crippen molar-refractivity contribution >= 4 is 0 Å². The SMILES string of the molecule is CCc1ccc(C(C)NC2CC2CC)cc1. The van der Waals surface area contributed by atoms with Crippen molar-refractivity contribution < 1.29 is 0 Å². The highest BCUT2D eigenvalue weighted by Crippen LogP contribution is 2.35. The normalized spacial score (nSPS) is 25.4. The molecule has 1 aliphatic carbocycles. The lowest BCUT2D eigenvalue weighted by atomic mass is 10.0. The van der Waals surface area contributed by atoms with Crippen LogP contribution in [0, 0.1) is 5.92 Å². The van der Waals surface area contributed by atoms with Gasteiger partial charge in [0.15, 0.2) is 0 Å². The van der Waals surface area contributed by atoms with Crippen molar-refractivity contribution in [2.24, 2.45) is 5.92 Å². The third kappa shape index (κ3) is 2.65. The fourth-order valence-corrected chi connectivity index (χ4v) is 2.36. The molecule has 0 saturated heterocycles. The van der Waals surface area contributed by atoms with Gasteiger partial charge in [-0.3, -0.25) is 0 Å². The van der Waals surface area contributed by atoms with Gasteiger partial charge in [-0.05, 0) is 36.8 Å². The Hall–Kier alpha value is -0.820. The molecule has 1 nitrogen and oxygen atoms in total. The van der Waals surface area contributed by atoms with E-state index in [9.17, 15) is 0 Å². The molecule has 3 atom stereocenters. The first-order chi connectivity index (χ1) is 7.74. The Labute approximate surface area is 99.3 Å². The molecule has 88 valence electrons. The van der Waals surface area contributed by atoms with Gasteiger partial charge in [-0.2, -0.15) is 0 Å². The number of hydrogen-bond acceptors (Lipinski definition) is 1. The number of hydrogen-bond donors (Lipinski definition) is 1. The molecule has 0 spiro atoms. The topological polar surface area (TPSA) is 12.0 Å². The zero-order valence-corrected chi connectivity index (χ0v) is 10.7. The molecule has 0 amide bonds. The molecule has 1 N–H and O–H groups in total. The van der Waals surface area contributed by atoms with Crippen LogP contribution in [0.4, 0.5) is 0 Å². The molecular formula is C15H23N. The first-order valence-electron chi connectivity index (χ1n) is 6.59. The molecule has 2 rings (SSSR count). The van der Waals surface area contributed by atoms with Crippen LogP contribution in [-0.4, -0.2) is 6.04 Å². The van der Waals surface area contributed by atoms with Crippen molar-refractivity contribution in [2.45, 2.75) is 52.1 Å². The van der Waals surface area contributed by atoms with Gasteiger partial charge in [-0.15, -0.1) is 0 Å². The minimum Gasteiger partial charge on any atom is -0.307 e. The monoisotopic (exact) mass is 217 g/mol. The predicted octanol–water partition coefficient (Wildman–Crippen LogP) is 3.70. The van der Waals surface area contributed by atoms with Crippen molar-refractivity contribution in [3.63, 3.8) is 0 Å². The summed E-state index contributed by atoms with van der Waals surface area (Å²) in [6.07, 6.45) is 3.82. The molecule has 1 heteroatoms. The van der Waals surface area contributed by atoms with E-state index >= 15 is 0 Å². The standard InChI is InChI=1S/C15H23N/c1-4-12-6-8-14(9-7-12)11(3)16-15-10-13(15)5-2/h6-9,11,13,15-16H,4-5,10H2,1-3H3. The lowest BCUT2D eigenvalue weighted by Gasteiger charge is -2.14. The summed E-state index contributed by atoms with van der Waals surface area (Å²) >= 11 is 0. The lowest BCUT2D eigenvalue weighted by molar-refractivity contribution is 0.539. The lowest BCUT2D eigenvalue weighted by Crippen LogP contribution is -2.22. The molecule has 3 unspecified atom stereocenters. The molecule has 1 aliphatic rings. The molecule has 1 aromatic carbocycles. The second-order valence-electron chi connectivity index (χ2n) is 4.99. The maximum Gasteiger partial charge on any atom is 0.0294 e. The molecule has 0 radical (unpaired) electrons. The van der Waals surface area contributed by atoms with Gasteiger partial charge in [0, 0.05) is 12.1 Å². The molecule has 0 heterocycles. The highest BCUT2D eigenvalue weighted by Gasteiger charge is 2.35. The van der Waals surface area contributed by atoms with Crippen molar-refractivity contribution in [3.8, 4) is 0 Å². The number of rotatable bonds is 5. The molecule has 16 heavy (non-hydrogen) atoms. The summed E-state index contributed by atoms with van der Waals surface area (Å²) in [5, 5.41) is 3.71. The van der Waals surface area contributed by atoms with Gasteiger partial charge in [0.25, 0.3) is 0 Å². The second-order valence-corrected chi connectivity index (χ2v) is 4.99. The molecular weight excluding hydrogens is 194 g/mol. The first kappa shape index (κ1) is 11.7. The summed E-state index contributed by atoms with van der Waals surface area (Å²) < 4.78 is 0. The van der Waals surface area contributed by atoms with Crippen molar-refractivity contribution in [1.29, 1.82) is 0 Å². The van der Waals surface area contributed by atoms with Gasteiger partial charge in [0.2, 0.25) is 0 Å². The van der Waals surface area contributed by atoms with E-state index in [1.165, 1.54) is 24.0 Å². The van der Waals surface area contributed by atoms with Crippen LogP contribution in [-0.2, 0) is 6.42 Å². The van der Waals surface area contributed by atoms with E-state index < -0.39 is 0 Å². The van der Waals surface area contributed by atoms with E-state index in [1.807, 2.05) is 0 Å². The maximum absolute atomic E-state index is 3.71. The Bertz CT molecular complexity index is 328. The summed E-state index contributed by atoms with van der Waals surface area (Å²) in [5.41, 5.74) is 2.84.